The molecule has 132 valence electrons. The number of likely N-dealkylation sites (tertiary alicyclic amines) is 1. The van der Waals surface area contributed by atoms with Crippen LogP contribution in [-0.2, 0) is 23.0 Å². The van der Waals surface area contributed by atoms with E-state index in [1.807, 2.05) is 14.0 Å². The Morgan fingerprint density at radius 1 is 1.48 bits per heavy atom. The Hall–Kier alpha value is -1.03. The van der Waals surface area contributed by atoms with Crippen LogP contribution in [0.1, 0.15) is 37.9 Å². The van der Waals surface area contributed by atoms with Crippen LogP contribution in [0.25, 0.3) is 0 Å². The summed E-state index contributed by atoms with van der Waals surface area (Å²) in [6.07, 6.45) is 3.55. The lowest BCUT2D eigenvalue weighted by Crippen LogP contribution is -2.46. The van der Waals surface area contributed by atoms with Crippen LogP contribution in [0.4, 0.5) is 0 Å². The van der Waals surface area contributed by atoms with Gasteiger partial charge in [0.15, 0.2) is 5.82 Å². The zero-order chi connectivity index (χ0) is 16.9. The number of hydrogen-bond donors (Lipinski definition) is 1. The molecule has 0 aliphatic carbocycles. The second kappa shape index (κ2) is 8.18. The molecule has 1 aromatic rings. The van der Waals surface area contributed by atoms with E-state index in [-0.39, 0.29) is 5.75 Å². The van der Waals surface area contributed by atoms with Crippen molar-refractivity contribution in [2.75, 3.05) is 32.4 Å². The van der Waals surface area contributed by atoms with E-state index >= 15 is 0 Å². The summed E-state index contributed by atoms with van der Waals surface area (Å²) in [5, 5.41) is 9.05. The average Bonchev–Trinajstić information content (AvgIpc) is 2.94. The highest BCUT2D eigenvalue weighted by molar-refractivity contribution is 7.89. The molecule has 1 aromatic heterocycles. The van der Waals surface area contributed by atoms with Crippen LogP contribution in [-0.4, -0.2) is 66.8 Å². The third-order valence-corrected chi connectivity index (χ3v) is 5.08. The van der Waals surface area contributed by atoms with Crippen LogP contribution in [0.2, 0.25) is 0 Å². The monoisotopic (exact) mass is 345 g/mol. The van der Waals surface area contributed by atoms with E-state index < -0.39 is 10.0 Å². The van der Waals surface area contributed by atoms with Gasteiger partial charge in [0.25, 0.3) is 0 Å². The minimum absolute atomic E-state index is 0.0381. The third kappa shape index (κ3) is 6.17. The van der Waals surface area contributed by atoms with E-state index in [0.717, 1.165) is 44.7 Å². The van der Waals surface area contributed by atoms with E-state index in [4.69, 9.17) is 9.66 Å². The fourth-order valence-corrected chi connectivity index (χ4v) is 3.46. The van der Waals surface area contributed by atoms with Gasteiger partial charge in [0.1, 0.15) is 0 Å². The standard InChI is InChI=1S/C14H27N5O3S/c1-3-14-16-13(17-22-14)11-19-8-4-6-12(10-19)18(2)7-5-9-23(15,20)21/h12H,3-11H2,1-2H3,(H2,15,20,21)/t12-/m0/s1. The first-order valence-corrected chi connectivity index (χ1v) is 9.83. The number of hydrogen-bond acceptors (Lipinski definition) is 7. The predicted molar refractivity (Wildman–Crippen MR) is 87.2 cm³/mol. The molecule has 9 heteroatoms. The van der Waals surface area contributed by atoms with E-state index in [2.05, 4.69) is 19.9 Å². The van der Waals surface area contributed by atoms with Gasteiger partial charge in [-0.05, 0) is 39.4 Å². The topological polar surface area (TPSA) is 106 Å². The molecule has 8 nitrogen and oxygen atoms in total. The normalized spacial score (nSPS) is 20.3. The number of sulfonamides is 1. The van der Waals surface area contributed by atoms with Gasteiger partial charge in [0.2, 0.25) is 15.9 Å². The number of nitrogens with zero attached hydrogens (tertiary/aromatic N) is 4. The van der Waals surface area contributed by atoms with Gasteiger partial charge in [0.05, 0.1) is 12.3 Å². The predicted octanol–water partition coefficient (Wildman–Crippen LogP) is 0.207. The minimum atomic E-state index is -3.37. The molecule has 1 aliphatic heterocycles. The number of rotatable bonds is 8. The highest BCUT2D eigenvalue weighted by Crippen LogP contribution is 2.17. The van der Waals surface area contributed by atoms with Crippen molar-refractivity contribution in [2.24, 2.45) is 5.14 Å². The highest BCUT2D eigenvalue weighted by Gasteiger charge is 2.24. The molecule has 1 saturated heterocycles. The van der Waals surface area contributed by atoms with Gasteiger partial charge in [-0.2, -0.15) is 4.98 Å². The van der Waals surface area contributed by atoms with E-state index in [0.29, 0.717) is 24.9 Å². The molecular weight excluding hydrogens is 318 g/mol. The van der Waals surface area contributed by atoms with Gasteiger partial charge in [0, 0.05) is 19.0 Å². The fraction of sp³-hybridized carbons (Fsp3) is 0.857. The molecular formula is C14H27N5O3S. The number of aromatic nitrogens is 2. The highest BCUT2D eigenvalue weighted by atomic mass is 32.2. The number of likely N-dealkylation sites (N-methyl/N-ethyl adjacent to an activating group) is 1. The zero-order valence-electron chi connectivity index (χ0n) is 13.9. The Labute approximate surface area is 138 Å². The number of piperidine rings is 1. The quantitative estimate of drug-likeness (QED) is 0.718. The van der Waals surface area contributed by atoms with Crippen LogP contribution >= 0.6 is 0 Å². The Kier molecular flexibility index (Phi) is 6.51. The molecule has 0 spiro atoms. The first-order chi connectivity index (χ1) is 10.9. The van der Waals surface area contributed by atoms with Gasteiger partial charge >= 0.3 is 0 Å². The summed E-state index contributed by atoms with van der Waals surface area (Å²) in [7, 11) is -1.32. The molecule has 1 fully saturated rings. The second-order valence-corrected chi connectivity index (χ2v) is 7.92. The summed E-state index contributed by atoms with van der Waals surface area (Å²) in [4.78, 5) is 8.91. The lowest BCUT2D eigenvalue weighted by atomic mass is 10.0. The summed E-state index contributed by atoms with van der Waals surface area (Å²) < 4.78 is 27.1. The first kappa shape index (κ1) is 18.3. The molecule has 23 heavy (non-hydrogen) atoms. The van der Waals surface area contributed by atoms with Crippen LogP contribution in [0.3, 0.4) is 0 Å². The second-order valence-electron chi connectivity index (χ2n) is 6.19. The van der Waals surface area contributed by atoms with Gasteiger partial charge in [-0.3, -0.25) is 4.90 Å². The van der Waals surface area contributed by atoms with Gasteiger partial charge in [-0.1, -0.05) is 12.1 Å². The number of aryl methyl sites for hydroxylation is 1. The summed E-state index contributed by atoms with van der Waals surface area (Å²) in [6, 6.07) is 0.418. The molecule has 2 N–H and O–H groups in total. The Balaban J connectivity index is 1.80. The Bertz CT molecular complexity index is 589. The molecule has 0 amide bonds. The average molecular weight is 345 g/mol. The van der Waals surface area contributed by atoms with Crippen molar-refractivity contribution in [3.8, 4) is 0 Å². The van der Waals surface area contributed by atoms with Crippen molar-refractivity contribution in [3.05, 3.63) is 11.7 Å². The Morgan fingerprint density at radius 2 is 2.26 bits per heavy atom. The molecule has 0 bridgehead atoms. The van der Waals surface area contributed by atoms with E-state index in [9.17, 15) is 8.42 Å². The maximum Gasteiger partial charge on any atom is 0.226 e. The summed E-state index contributed by atoms with van der Waals surface area (Å²) in [5.74, 6) is 1.45. The molecule has 1 aliphatic rings. The molecule has 0 radical (unpaired) electrons. The van der Waals surface area contributed by atoms with Gasteiger partial charge in [-0.15, -0.1) is 0 Å². The molecule has 2 rings (SSSR count). The van der Waals surface area contributed by atoms with Crippen LogP contribution in [0.5, 0.6) is 0 Å². The molecule has 1 atom stereocenters. The largest absolute Gasteiger partial charge is 0.339 e. The van der Waals surface area contributed by atoms with Crippen molar-refractivity contribution in [1.29, 1.82) is 0 Å². The van der Waals surface area contributed by atoms with E-state index in [1.165, 1.54) is 0 Å². The lowest BCUT2D eigenvalue weighted by Gasteiger charge is -2.37. The number of primary sulfonamides is 1. The maximum absolute atomic E-state index is 11.0. The molecule has 0 unspecified atom stereocenters. The molecule has 0 aromatic carbocycles. The summed E-state index contributed by atoms with van der Waals surface area (Å²) in [5.41, 5.74) is 0. The third-order valence-electron chi connectivity index (χ3n) is 4.22. The summed E-state index contributed by atoms with van der Waals surface area (Å²) >= 11 is 0. The fourth-order valence-electron chi connectivity index (χ4n) is 2.93. The van der Waals surface area contributed by atoms with Crippen molar-refractivity contribution in [2.45, 2.75) is 45.2 Å². The van der Waals surface area contributed by atoms with Crippen LogP contribution in [0.15, 0.2) is 4.52 Å². The van der Waals surface area contributed by atoms with Gasteiger partial charge < -0.3 is 9.42 Å². The van der Waals surface area contributed by atoms with Crippen molar-refractivity contribution in [1.82, 2.24) is 19.9 Å². The van der Waals surface area contributed by atoms with Crippen molar-refractivity contribution >= 4 is 10.0 Å². The first-order valence-electron chi connectivity index (χ1n) is 8.12. The van der Waals surface area contributed by atoms with Crippen LogP contribution in [0, 0.1) is 0 Å². The summed E-state index contributed by atoms with van der Waals surface area (Å²) in [6.45, 7) is 5.38. The lowest BCUT2D eigenvalue weighted by molar-refractivity contribution is 0.109. The SMILES string of the molecule is CCc1nc(CN2CCC[C@H](N(C)CCCS(N)(=O)=O)C2)no1. The minimum Gasteiger partial charge on any atom is -0.339 e. The maximum atomic E-state index is 11.0. The zero-order valence-corrected chi connectivity index (χ0v) is 14.8. The molecule has 0 saturated carbocycles. The van der Waals surface area contributed by atoms with Crippen molar-refractivity contribution in [3.63, 3.8) is 0 Å². The van der Waals surface area contributed by atoms with Crippen molar-refractivity contribution < 1.29 is 12.9 Å². The number of nitrogens with two attached hydrogens (primary N) is 1. The van der Waals surface area contributed by atoms with E-state index in [1.54, 1.807) is 0 Å². The van der Waals surface area contributed by atoms with Gasteiger partial charge in [-0.25, -0.2) is 13.6 Å². The Morgan fingerprint density at radius 3 is 2.91 bits per heavy atom. The molecule has 2 heterocycles. The smallest absolute Gasteiger partial charge is 0.226 e. The van der Waals surface area contributed by atoms with Crippen LogP contribution < -0.4 is 5.14 Å².